The lowest BCUT2D eigenvalue weighted by molar-refractivity contribution is 0.349. The Morgan fingerprint density at radius 1 is 1.64 bits per heavy atom. The van der Waals surface area contributed by atoms with Gasteiger partial charge >= 0.3 is 0 Å². The molecule has 0 aliphatic carbocycles. The second-order valence-corrected chi connectivity index (χ2v) is 4.14. The number of nitrogens with two attached hydrogens (primary N) is 1. The first-order valence-electron chi connectivity index (χ1n) is 5.58. The average molecular weight is 193 g/mol. The molecule has 0 aromatic carbocycles. The van der Waals surface area contributed by atoms with Gasteiger partial charge in [-0.3, -0.25) is 0 Å². The first-order valence-corrected chi connectivity index (χ1v) is 5.58. The first-order chi connectivity index (χ1) is 6.83. The Morgan fingerprint density at radius 2 is 2.50 bits per heavy atom. The second kappa shape index (κ2) is 4.13. The molecule has 78 valence electrons. The minimum absolute atomic E-state index is 0.770. The van der Waals surface area contributed by atoms with Gasteiger partial charge in [0.1, 0.15) is 5.82 Å². The van der Waals surface area contributed by atoms with Gasteiger partial charge in [0.25, 0.3) is 0 Å². The lowest BCUT2D eigenvalue weighted by Gasteiger charge is -2.22. The van der Waals surface area contributed by atoms with Gasteiger partial charge in [-0.1, -0.05) is 6.92 Å². The topological polar surface area (TPSA) is 43.8 Å². The Kier molecular flexibility index (Phi) is 2.87. The number of rotatable bonds is 3. The molecule has 1 unspecified atom stereocenters. The van der Waals surface area contributed by atoms with Gasteiger partial charge < -0.3 is 10.3 Å². The van der Waals surface area contributed by atoms with Crippen molar-refractivity contribution in [2.24, 2.45) is 11.7 Å². The normalized spacial score (nSPS) is 20.9. The van der Waals surface area contributed by atoms with Gasteiger partial charge in [0.15, 0.2) is 0 Å². The van der Waals surface area contributed by atoms with Crippen LogP contribution in [0.5, 0.6) is 0 Å². The highest BCUT2D eigenvalue weighted by Gasteiger charge is 2.19. The van der Waals surface area contributed by atoms with Crippen molar-refractivity contribution in [3.8, 4) is 0 Å². The van der Waals surface area contributed by atoms with Crippen molar-refractivity contribution in [2.75, 3.05) is 6.54 Å². The number of hydrogen-bond acceptors (Lipinski definition) is 2. The van der Waals surface area contributed by atoms with E-state index in [2.05, 4.69) is 22.7 Å². The van der Waals surface area contributed by atoms with E-state index in [1.54, 1.807) is 0 Å². The van der Waals surface area contributed by atoms with Gasteiger partial charge in [-0.15, -0.1) is 0 Å². The fraction of sp³-hybridized carbons (Fsp3) is 0.727. The van der Waals surface area contributed by atoms with E-state index in [9.17, 15) is 0 Å². The van der Waals surface area contributed by atoms with Gasteiger partial charge in [-0.2, -0.15) is 0 Å². The first kappa shape index (κ1) is 9.71. The molecule has 0 saturated heterocycles. The third kappa shape index (κ3) is 1.82. The molecule has 2 heterocycles. The third-order valence-corrected chi connectivity index (χ3v) is 3.08. The van der Waals surface area contributed by atoms with E-state index in [-0.39, 0.29) is 0 Å². The molecule has 3 heteroatoms. The highest BCUT2D eigenvalue weighted by atomic mass is 15.1. The van der Waals surface area contributed by atoms with Crippen LogP contribution in [0, 0.1) is 5.92 Å². The number of fused-ring (bicyclic) bond motifs is 1. The van der Waals surface area contributed by atoms with Crippen LogP contribution in [-0.4, -0.2) is 16.1 Å². The van der Waals surface area contributed by atoms with Crippen molar-refractivity contribution in [2.45, 2.75) is 39.2 Å². The van der Waals surface area contributed by atoms with Gasteiger partial charge in [-0.05, 0) is 31.7 Å². The van der Waals surface area contributed by atoms with Crippen LogP contribution in [0.4, 0.5) is 0 Å². The smallest absolute Gasteiger partial charge is 0.108 e. The summed E-state index contributed by atoms with van der Waals surface area (Å²) in [6.45, 7) is 4.10. The van der Waals surface area contributed by atoms with Gasteiger partial charge in [0.2, 0.25) is 0 Å². The Morgan fingerprint density at radius 3 is 3.21 bits per heavy atom. The summed E-state index contributed by atoms with van der Waals surface area (Å²) in [5.74, 6) is 2.04. The van der Waals surface area contributed by atoms with E-state index in [1.807, 2.05) is 0 Å². The minimum atomic E-state index is 0.770. The Bertz CT molecular complexity index is 303. The molecule has 1 aromatic rings. The second-order valence-electron chi connectivity index (χ2n) is 4.14. The number of nitrogens with zero attached hydrogens (tertiary/aromatic N) is 2. The minimum Gasteiger partial charge on any atom is -0.334 e. The summed E-state index contributed by atoms with van der Waals surface area (Å²) >= 11 is 0. The van der Waals surface area contributed by atoms with Crippen LogP contribution in [0.15, 0.2) is 6.20 Å². The summed E-state index contributed by atoms with van der Waals surface area (Å²) in [5.41, 5.74) is 6.82. The van der Waals surface area contributed by atoms with Crippen molar-refractivity contribution in [3.63, 3.8) is 0 Å². The van der Waals surface area contributed by atoms with E-state index < -0.39 is 0 Å². The molecule has 14 heavy (non-hydrogen) atoms. The lowest BCUT2D eigenvalue weighted by atomic mass is 9.96. The van der Waals surface area contributed by atoms with Crippen LogP contribution in [-0.2, 0) is 19.4 Å². The zero-order valence-corrected chi connectivity index (χ0v) is 8.87. The molecule has 0 fully saturated rings. The van der Waals surface area contributed by atoms with Gasteiger partial charge in [0.05, 0.1) is 5.69 Å². The standard InChI is InChI=1S/C11H19N3/c1-2-10-8-14-7-9(5-6-12)3-4-11(14)13-10/h8-9H,2-7,12H2,1H3. The quantitative estimate of drug-likeness (QED) is 0.787. The molecule has 2 rings (SSSR count). The summed E-state index contributed by atoms with van der Waals surface area (Å²) in [5, 5.41) is 0. The summed E-state index contributed by atoms with van der Waals surface area (Å²) in [4.78, 5) is 4.60. The molecule has 3 nitrogen and oxygen atoms in total. The molecule has 1 aliphatic rings. The number of hydrogen-bond donors (Lipinski definition) is 1. The monoisotopic (exact) mass is 193 g/mol. The van der Waals surface area contributed by atoms with Crippen molar-refractivity contribution < 1.29 is 0 Å². The van der Waals surface area contributed by atoms with Crippen LogP contribution in [0.2, 0.25) is 0 Å². The number of imidazole rings is 1. The summed E-state index contributed by atoms with van der Waals surface area (Å²) in [7, 11) is 0. The molecule has 2 N–H and O–H groups in total. The molecule has 0 spiro atoms. The van der Waals surface area contributed by atoms with E-state index in [4.69, 9.17) is 5.73 Å². The Balaban J connectivity index is 2.09. The van der Waals surface area contributed by atoms with Crippen LogP contribution < -0.4 is 5.73 Å². The predicted molar refractivity (Wildman–Crippen MR) is 57.1 cm³/mol. The molecule has 1 aliphatic heterocycles. The molecular formula is C11H19N3. The number of aromatic nitrogens is 2. The molecule has 0 bridgehead atoms. The van der Waals surface area contributed by atoms with Crippen LogP contribution >= 0.6 is 0 Å². The fourth-order valence-corrected chi connectivity index (χ4v) is 2.22. The van der Waals surface area contributed by atoms with Crippen molar-refractivity contribution >= 4 is 0 Å². The predicted octanol–water partition coefficient (Wildman–Crippen LogP) is 1.36. The highest BCUT2D eigenvalue weighted by molar-refractivity contribution is 5.06. The average Bonchev–Trinajstić information content (AvgIpc) is 2.60. The molecule has 0 saturated carbocycles. The van der Waals surface area contributed by atoms with Gasteiger partial charge in [-0.25, -0.2) is 4.98 Å². The zero-order chi connectivity index (χ0) is 9.97. The van der Waals surface area contributed by atoms with E-state index >= 15 is 0 Å². The van der Waals surface area contributed by atoms with E-state index in [0.29, 0.717) is 0 Å². The summed E-state index contributed by atoms with van der Waals surface area (Å²) in [6.07, 6.45) is 6.79. The van der Waals surface area contributed by atoms with Crippen LogP contribution in [0.1, 0.15) is 31.3 Å². The Hall–Kier alpha value is -0.830. The largest absolute Gasteiger partial charge is 0.334 e. The number of aryl methyl sites for hydroxylation is 2. The third-order valence-electron chi connectivity index (χ3n) is 3.08. The Labute approximate surface area is 85.3 Å². The molecule has 0 amide bonds. The van der Waals surface area contributed by atoms with Crippen molar-refractivity contribution in [3.05, 3.63) is 17.7 Å². The molecule has 1 aromatic heterocycles. The summed E-state index contributed by atoms with van der Waals surface area (Å²) < 4.78 is 2.32. The summed E-state index contributed by atoms with van der Waals surface area (Å²) in [6, 6.07) is 0. The zero-order valence-electron chi connectivity index (χ0n) is 8.87. The SMILES string of the molecule is CCc1cn2c(n1)CCC(CCN)C2. The molecule has 0 radical (unpaired) electrons. The lowest BCUT2D eigenvalue weighted by Crippen LogP contribution is -2.22. The van der Waals surface area contributed by atoms with E-state index in [0.717, 1.165) is 38.3 Å². The van der Waals surface area contributed by atoms with Crippen LogP contribution in [0.3, 0.4) is 0 Å². The molecule has 1 atom stereocenters. The maximum atomic E-state index is 5.59. The van der Waals surface area contributed by atoms with Crippen molar-refractivity contribution in [1.82, 2.24) is 9.55 Å². The molecular weight excluding hydrogens is 174 g/mol. The van der Waals surface area contributed by atoms with Crippen LogP contribution in [0.25, 0.3) is 0 Å². The maximum absolute atomic E-state index is 5.59. The highest BCUT2D eigenvalue weighted by Crippen LogP contribution is 2.22. The van der Waals surface area contributed by atoms with Crippen molar-refractivity contribution in [1.29, 1.82) is 0 Å². The van der Waals surface area contributed by atoms with Gasteiger partial charge in [0, 0.05) is 19.2 Å². The van der Waals surface area contributed by atoms with E-state index in [1.165, 1.54) is 17.9 Å². The fourth-order valence-electron chi connectivity index (χ4n) is 2.22. The maximum Gasteiger partial charge on any atom is 0.108 e.